The smallest absolute Gasteiger partial charge is 0.254 e. The molecule has 0 saturated heterocycles. The monoisotopic (exact) mass is 291 g/mol. The molecule has 5 heteroatoms. The Balaban J connectivity index is 2.05. The van der Waals surface area contributed by atoms with Crippen LogP contribution < -0.4 is 10.1 Å². The molecule has 0 saturated carbocycles. The molecular formula is C16H15F2NO2. The van der Waals surface area contributed by atoms with Crippen LogP contribution in [0.25, 0.3) is 0 Å². The summed E-state index contributed by atoms with van der Waals surface area (Å²) in [5.41, 5.74) is 0.609. The fraction of sp³-hybridized carbons (Fsp3) is 0.188. The molecule has 0 heterocycles. The molecule has 0 aliphatic carbocycles. The van der Waals surface area contributed by atoms with Crippen LogP contribution in [-0.4, -0.2) is 12.5 Å². The molecule has 3 nitrogen and oxygen atoms in total. The standard InChI is InChI=1S/C16H15F2NO2/c1-2-19-16(20)14-7-6-13(9-15(14)18)21-10-11-4-3-5-12(17)8-11/h3-9H,2,10H2,1H3,(H,19,20). The minimum Gasteiger partial charge on any atom is -0.489 e. The van der Waals surface area contributed by atoms with E-state index in [0.29, 0.717) is 12.1 Å². The van der Waals surface area contributed by atoms with Gasteiger partial charge in [-0.05, 0) is 36.8 Å². The van der Waals surface area contributed by atoms with E-state index in [9.17, 15) is 13.6 Å². The quantitative estimate of drug-likeness (QED) is 0.918. The van der Waals surface area contributed by atoms with Gasteiger partial charge in [-0.1, -0.05) is 12.1 Å². The number of hydrogen-bond donors (Lipinski definition) is 1. The van der Waals surface area contributed by atoms with Crippen LogP contribution >= 0.6 is 0 Å². The maximum atomic E-state index is 13.8. The van der Waals surface area contributed by atoms with Crippen LogP contribution in [0.5, 0.6) is 5.75 Å². The molecule has 21 heavy (non-hydrogen) atoms. The first-order chi connectivity index (χ1) is 10.1. The first-order valence-corrected chi connectivity index (χ1v) is 6.55. The highest BCUT2D eigenvalue weighted by molar-refractivity contribution is 5.94. The third-order valence-corrected chi connectivity index (χ3v) is 2.82. The van der Waals surface area contributed by atoms with E-state index in [1.807, 2.05) is 0 Å². The molecule has 0 radical (unpaired) electrons. The molecule has 0 bridgehead atoms. The second-order valence-corrected chi connectivity index (χ2v) is 4.42. The van der Waals surface area contributed by atoms with Crippen molar-refractivity contribution in [2.75, 3.05) is 6.54 Å². The lowest BCUT2D eigenvalue weighted by atomic mass is 10.2. The van der Waals surface area contributed by atoms with Gasteiger partial charge in [-0.2, -0.15) is 0 Å². The van der Waals surface area contributed by atoms with Gasteiger partial charge in [-0.15, -0.1) is 0 Å². The van der Waals surface area contributed by atoms with Crippen molar-refractivity contribution in [1.82, 2.24) is 5.32 Å². The maximum Gasteiger partial charge on any atom is 0.254 e. The molecule has 0 unspecified atom stereocenters. The number of halogens is 2. The van der Waals surface area contributed by atoms with Crippen molar-refractivity contribution in [2.24, 2.45) is 0 Å². The number of amides is 1. The van der Waals surface area contributed by atoms with Crippen molar-refractivity contribution >= 4 is 5.91 Å². The van der Waals surface area contributed by atoms with Crippen LogP contribution in [0.2, 0.25) is 0 Å². The molecule has 110 valence electrons. The molecule has 0 atom stereocenters. The third kappa shape index (κ3) is 4.02. The van der Waals surface area contributed by atoms with Gasteiger partial charge in [0, 0.05) is 12.6 Å². The van der Waals surface area contributed by atoms with Gasteiger partial charge in [0.1, 0.15) is 24.0 Å². The first-order valence-electron chi connectivity index (χ1n) is 6.55. The molecule has 0 aliphatic heterocycles. The SMILES string of the molecule is CCNC(=O)c1ccc(OCc2cccc(F)c2)cc1F. The summed E-state index contributed by atoms with van der Waals surface area (Å²) >= 11 is 0. The minimum atomic E-state index is -0.655. The van der Waals surface area contributed by atoms with Crippen molar-refractivity contribution < 1.29 is 18.3 Å². The average Bonchev–Trinajstić information content (AvgIpc) is 2.45. The Morgan fingerprint density at radius 3 is 2.67 bits per heavy atom. The van der Waals surface area contributed by atoms with E-state index in [-0.39, 0.29) is 23.7 Å². The summed E-state index contributed by atoms with van der Waals surface area (Å²) in [5, 5.41) is 2.52. The summed E-state index contributed by atoms with van der Waals surface area (Å²) in [6, 6.07) is 9.98. The summed E-state index contributed by atoms with van der Waals surface area (Å²) in [4.78, 5) is 11.6. The van der Waals surface area contributed by atoms with Gasteiger partial charge in [-0.25, -0.2) is 8.78 Å². The Morgan fingerprint density at radius 2 is 2.00 bits per heavy atom. The van der Waals surface area contributed by atoms with Crippen molar-refractivity contribution in [3.05, 3.63) is 65.2 Å². The van der Waals surface area contributed by atoms with Crippen LogP contribution in [0.4, 0.5) is 8.78 Å². The number of carbonyl (C=O) groups is 1. The Kier molecular flexibility index (Phi) is 4.87. The van der Waals surface area contributed by atoms with Gasteiger partial charge in [0.05, 0.1) is 5.56 Å². The molecule has 1 N–H and O–H groups in total. The van der Waals surface area contributed by atoms with Gasteiger partial charge >= 0.3 is 0 Å². The largest absolute Gasteiger partial charge is 0.489 e. The molecule has 2 rings (SSSR count). The zero-order chi connectivity index (χ0) is 15.2. The summed E-state index contributed by atoms with van der Waals surface area (Å²) in [5.74, 6) is -1.19. The Bertz CT molecular complexity index is 644. The Hall–Kier alpha value is -2.43. The van der Waals surface area contributed by atoms with Gasteiger partial charge in [-0.3, -0.25) is 4.79 Å². The van der Waals surface area contributed by atoms with E-state index in [0.717, 1.165) is 6.07 Å². The van der Waals surface area contributed by atoms with Crippen LogP contribution in [0.3, 0.4) is 0 Å². The van der Waals surface area contributed by atoms with E-state index in [2.05, 4.69) is 5.32 Å². The fourth-order valence-corrected chi connectivity index (χ4v) is 1.82. The van der Waals surface area contributed by atoms with Gasteiger partial charge in [0.25, 0.3) is 5.91 Å². The van der Waals surface area contributed by atoms with Crippen LogP contribution in [-0.2, 0) is 6.61 Å². The first kappa shape index (κ1) is 15.0. The molecular weight excluding hydrogens is 276 g/mol. The second-order valence-electron chi connectivity index (χ2n) is 4.42. The topological polar surface area (TPSA) is 38.3 Å². The van der Waals surface area contributed by atoms with Gasteiger partial charge in [0.15, 0.2) is 0 Å². The van der Waals surface area contributed by atoms with E-state index in [1.54, 1.807) is 19.1 Å². The van der Waals surface area contributed by atoms with Crippen molar-refractivity contribution in [3.8, 4) is 5.75 Å². The summed E-state index contributed by atoms with van der Waals surface area (Å²) < 4.78 is 32.2. The van der Waals surface area contributed by atoms with E-state index in [1.165, 1.54) is 24.3 Å². The highest BCUT2D eigenvalue weighted by atomic mass is 19.1. The number of ether oxygens (including phenoxy) is 1. The lowest BCUT2D eigenvalue weighted by Gasteiger charge is -2.08. The Morgan fingerprint density at radius 1 is 1.19 bits per heavy atom. The third-order valence-electron chi connectivity index (χ3n) is 2.82. The summed E-state index contributed by atoms with van der Waals surface area (Å²) in [6.45, 7) is 2.31. The summed E-state index contributed by atoms with van der Waals surface area (Å²) in [6.07, 6.45) is 0. The Labute approximate surface area is 121 Å². The molecule has 2 aromatic carbocycles. The number of carbonyl (C=O) groups excluding carboxylic acids is 1. The van der Waals surface area contributed by atoms with Crippen LogP contribution in [0, 0.1) is 11.6 Å². The second kappa shape index (κ2) is 6.83. The molecule has 0 aliphatic rings. The zero-order valence-corrected chi connectivity index (χ0v) is 11.5. The van der Waals surface area contributed by atoms with E-state index < -0.39 is 11.7 Å². The van der Waals surface area contributed by atoms with E-state index >= 15 is 0 Å². The zero-order valence-electron chi connectivity index (χ0n) is 11.5. The average molecular weight is 291 g/mol. The minimum absolute atomic E-state index is 0.0324. The lowest BCUT2D eigenvalue weighted by molar-refractivity contribution is 0.0951. The lowest BCUT2D eigenvalue weighted by Crippen LogP contribution is -2.23. The predicted octanol–water partition coefficient (Wildman–Crippen LogP) is 3.29. The highest BCUT2D eigenvalue weighted by Gasteiger charge is 2.11. The molecule has 0 aromatic heterocycles. The van der Waals surface area contributed by atoms with E-state index in [4.69, 9.17) is 4.74 Å². The molecule has 0 spiro atoms. The van der Waals surface area contributed by atoms with Crippen LogP contribution in [0.1, 0.15) is 22.8 Å². The molecule has 0 fully saturated rings. The summed E-state index contributed by atoms with van der Waals surface area (Å²) in [7, 11) is 0. The number of nitrogens with one attached hydrogen (secondary N) is 1. The molecule has 2 aromatic rings. The maximum absolute atomic E-state index is 13.8. The van der Waals surface area contributed by atoms with Gasteiger partial charge < -0.3 is 10.1 Å². The number of rotatable bonds is 5. The number of benzene rings is 2. The van der Waals surface area contributed by atoms with Crippen molar-refractivity contribution in [2.45, 2.75) is 13.5 Å². The highest BCUT2D eigenvalue weighted by Crippen LogP contribution is 2.18. The van der Waals surface area contributed by atoms with Crippen LogP contribution in [0.15, 0.2) is 42.5 Å². The molecule has 1 amide bonds. The van der Waals surface area contributed by atoms with Crippen molar-refractivity contribution in [3.63, 3.8) is 0 Å². The van der Waals surface area contributed by atoms with Gasteiger partial charge in [0.2, 0.25) is 0 Å². The predicted molar refractivity (Wildman–Crippen MR) is 75.1 cm³/mol. The normalized spacial score (nSPS) is 10.2. The van der Waals surface area contributed by atoms with Crippen molar-refractivity contribution in [1.29, 1.82) is 0 Å². The number of hydrogen-bond acceptors (Lipinski definition) is 2. The fourth-order valence-electron chi connectivity index (χ4n) is 1.82.